The minimum Gasteiger partial charge on any atom is -0.336 e. The molecule has 0 radical (unpaired) electrons. The smallest absolute Gasteiger partial charge is 0.336 e. The van der Waals surface area contributed by atoms with Gasteiger partial charge < -0.3 is 9.97 Å². The number of aliphatic imine (C=N–C) groups is 2. The number of para-hydroxylation sites is 2. The molecule has 0 aliphatic rings. The van der Waals surface area contributed by atoms with E-state index in [9.17, 15) is 19.2 Å². The van der Waals surface area contributed by atoms with E-state index in [1.54, 1.807) is 30.3 Å². The molecule has 0 saturated carbocycles. The topological polar surface area (TPSA) is 125 Å². The fourth-order valence-electron chi connectivity index (χ4n) is 7.14. The van der Waals surface area contributed by atoms with E-state index >= 15 is 0 Å². The Balaban J connectivity index is 0.000000302. The number of rotatable bonds is 12. The van der Waals surface area contributed by atoms with Gasteiger partial charge in [0.1, 0.15) is 0 Å². The Hall–Kier alpha value is -6.44. The number of benzene rings is 5. The van der Waals surface area contributed by atoms with Gasteiger partial charge in [0.15, 0.2) is 5.78 Å². The zero-order chi connectivity index (χ0) is 47.0. The summed E-state index contributed by atoms with van der Waals surface area (Å²) < 4.78 is 0. The van der Waals surface area contributed by atoms with E-state index in [-0.39, 0.29) is 74.1 Å². The van der Waals surface area contributed by atoms with Crippen molar-refractivity contribution >= 4 is 35.4 Å². The van der Waals surface area contributed by atoms with Gasteiger partial charge >= 0.3 is 17.1 Å². The summed E-state index contributed by atoms with van der Waals surface area (Å²) in [6, 6.07) is 46.7. The number of hydrogen-bond donors (Lipinski definition) is 2. The maximum Gasteiger partial charge on any atom is 1.00 e. The number of Topliss-reactive ketones (excluding diaryl/α,β-unsaturated/α-hetero) is 2. The maximum absolute atomic E-state index is 13.0. The molecule has 2 N–H and O–H groups in total. The summed E-state index contributed by atoms with van der Waals surface area (Å²) >= 11 is 0. The first kappa shape index (κ1) is 54.9. The molecular formula is C57H58CuN4NiO4-. The van der Waals surface area contributed by atoms with E-state index in [1.165, 1.54) is 18.6 Å². The quantitative estimate of drug-likeness (QED) is 0.0547. The summed E-state index contributed by atoms with van der Waals surface area (Å²) in [5.74, 6) is 0.416. The molecule has 7 aromatic rings. The minimum absolute atomic E-state index is 0. The number of H-pyrrole nitrogens is 2. The van der Waals surface area contributed by atoms with Crippen LogP contribution in [0.3, 0.4) is 0 Å². The third-order valence-electron chi connectivity index (χ3n) is 10.6. The molecule has 0 bridgehead atoms. The van der Waals surface area contributed by atoms with Crippen LogP contribution in [0, 0.1) is 13.0 Å². The van der Waals surface area contributed by atoms with Gasteiger partial charge in [0.2, 0.25) is 11.3 Å². The van der Waals surface area contributed by atoms with Crippen LogP contribution >= 0.6 is 0 Å². The number of nitrogens with zero attached hydrogens (tertiary/aromatic N) is 2. The van der Waals surface area contributed by atoms with E-state index < -0.39 is 11.3 Å². The molecule has 352 valence electrons. The molecule has 0 fully saturated rings. The number of aromatic amines is 2. The monoisotopic (exact) mass is 983 g/mol. The van der Waals surface area contributed by atoms with Crippen LogP contribution in [0.2, 0.25) is 0 Å². The molecule has 67 heavy (non-hydrogen) atoms. The summed E-state index contributed by atoms with van der Waals surface area (Å²) in [5, 5.41) is 0. The number of carbonyl (C=O) groups excluding carboxylic acids is 2. The Labute approximate surface area is 416 Å². The second kappa shape index (κ2) is 26.6. The first-order chi connectivity index (χ1) is 31.2. The van der Waals surface area contributed by atoms with Crippen molar-refractivity contribution in [2.24, 2.45) is 9.98 Å². The van der Waals surface area contributed by atoms with Gasteiger partial charge in [-0.25, -0.2) is 0 Å². The van der Waals surface area contributed by atoms with Crippen LogP contribution < -0.4 is 11.1 Å². The fraction of sp³-hybridized carbons (Fsp3) is 0.211. The maximum atomic E-state index is 13.0. The van der Waals surface area contributed by atoms with Crippen molar-refractivity contribution in [2.45, 2.75) is 79.1 Å². The van der Waals surface area contributed by atoms with Crippen molar-refractivity contribution < 1.29 is 43.1 Å². The van der Waals surface area contributed by atoms with Crippen molar-refractivity contribution in [3.63, 3.8) is 0 Å². The normalized spacial score (nSPS) is 10.9. The summed E-state index contributed by atoms with van der Waals surface area (Å²) in [6.45, 7) is 20.6. The van der Waals surface area contributed by atoms with E-state index in [4.69, 9.17) is 0 Å². The molecule has 7 rings (SSSR count). The van der Waals surface area contributed by atoms with E-state index in [2.05, 4.69) is 88.3 Å². The van der Waals surface area contributed by atoms with Crippen molar-refractivity contribution in [1.82, 2.24) is 9.97 Å². The molecule has 0 saturated heterocycles. The molecule has 2 heterocycles. The molecule has 0 unspecified atom stereocenters. The second-order valence-corrected chi connectivity index (χ2v) is 16.8. The van der Waals surface area contributed by atoms with Crippen LogP contribution in [0.4, 0.5) is 11.4 Å². The van der Waals surface area contributed by atoms with Crippen LogP contribution in [-0.2, 0) is 33.6 Å². The number of hydrogen-bond acceptors (Lipinski definition) is 6. The van der Waals surface area contributed by atoms with Crippen molar-refractivity contribution in [3.8, 4) is 22.4 Å². The molecule has 0 aliphatic carbocycles. The number of aromatic nitrogens is 2. The largest absolute Gasteiger partial charge is 1.00 e. The van der Waals surface area contributed by atoms with E-state index in [0.717, 1.165) is 44.8 Å². The van der Waals surface area contributed by atoms with Crippen LogP contribution in [0.5, 0.6) is 0 Å². The number of carbonyl (C=O) groups is 2. The molecule has 8 nitrogen and oxygen atoms in total. The summed E-state index contributed by atoms with van der Waals surface area (Å²) in [6.07, 6.45) is 4.08. The molecule has 0 spiro atoms. The van der Waals surface area contributed by atoms with Crippen molar-refractivity contribution in [2.75, 3.05) is 0 Å². The van der Waals surface area contributed by atoms with Gasteiger partial charge in [-0.1, -0.05) is 128 Å². The number of pyridine rings is 2. The average Bonchev–Trinajstić information content (AvgIpc) is 3.30. The Bertz CT molecular complexity index is 2820. The van der Waals surface area contributed by atoms with Gasteiger partial charge in [0, 0.05) is 28.4 Å². The molecule has 0 atom stereocenters. The third kappa shape index (κ3) is 15.0. The van der Waals surface area contributed by atoms with Crippen LogP contribution in [0.1, 0.15) is 128 Å². The van der Waals surface area contributed by atoms with Gasteiger partial charge in [0.05, 0.1) is 29.4 Å². The predicted octanol–water partition coefficient (Wildman–Crippen LogP) is 13.4. The van der Waals surface area contributed by atoms with Gasteiger partial charge in [-0.15, -0.1) is 48.0 Å². The van der Waals surface area contributed by atoms with Crippen molar-refractivity contribution in [3.05, 3.63) is 218 Å². The van der Waals surface area contributed by atoms with Gasteiger partial charge in [-0.3, -0.25) is 29.2 Å². The molecule has 5 aromatic carbocycles. The number of nitrogens with one attached hydrogen (secondary N) is 2. The first-order valence-electron chi connectivity index (χ1n) is 21.9. The summed E-state index contributed by atoms with van der Waals surface area (Å²) in [7, 11) is 0. The van der Waals surface area contributed by atoms with Crippen LogP contribution in [0.25, 0.3) is 22.4 Å². The van der Waals surface area contributed by atoms with Crippen LogP contribution in [0.15, 0.2) is 165 Å². The number of ketones is 2. The summed E-state index contributed by atoms with van der Waals surface area (Å²) in [5.41, 5.74) is 9.24. The van der Waals surface area contributed by atoms with E-state index in [1.807, 2.05) is 109 Å². The second-order valence-electron chi connectivity index (χ2n) is 16.8. The molecule has 2 aromatic heterocycles. The Kier molecular flexibility index (Phi) is 21.8. The third-order valence-corrected chi connectivity index (χ3v) is 10.6. The standard InChI is InChI=1S/C25H25N2O2.C25H26N2O2.C7H7.Cu.Ni/c1-16(2)19-11-8-12-20(17(3)4)24(19)27-15-22(28)21-13-14-26-25(29)23(21)18-9-6-5-7-10-18;1-16(2)19-11-8-12-20(17(3)4)24(19)26-15-23(28)21-13-14-22(27-25(21)29)18-9-6-5-7-10-18;1-7-5-3-2-4-6-7;;/h5-9,11-17H,1-4H3,(H,26,29);5-17H,1-4H3,(H,27,29);2-6H,1H2;;/q-1;;-1;+1;. The zero-order valence-corrected chi connectivity index (χ0v) is 41.1. The Morgan fingerprint density at radius 1 is 0.552 bits per heavy atom. The van der Waals surface area contributed by atoms with Gasteiger partial charge in [0.25, 0.3) is 5.56 Å². The summed E-state index contributed by atoms with van der Waals surface area (Å²) in [4.78, 5) is 65.1. The SMILES string of the molecule is CC(C)c1cccc(C(C)C)c1N=CC(=O)c1cc[nH]c(=O)c1-c1[c-]cccc1.CC(C)c1cccc(C(C)C)c1N=CC(=O)c1ccc(-c2ccccc2)[nH]c1=O.[CH2-]c1ccccc1.[Cu+].[Ni]. The van der Waals surface area contributed by atoms with Gasteiger partial charge in [-0.2, -0.15) is 24.6 Å². The predicted molar refractivity (Wildman–Crippen MR) is 269 cm³/mol. The van der Waals surface area contributed by atoms with Crippen LogP contribution in [-0.4, -0.2) is 34.0 Å². The zero-order valence-electron chi connectivity index (χ0n) is 39.2. The molecular weight excluding hydrogens is 927 g/mol. The molecule has 0 aliphatic heterocycles. The molecule has 10 heteroatoms. The van der Waals surface area contributed by atoms with Crippen molar-refractivity contribution in [1.29, 1.82) is 0 Å². The minimum atomic E-state index is -0.413. The van der Waals surface area contributed by atoms with Gasteiger partial charge in [-0.05, 0) is 80.8 Å². The average molecular weight is 985 g/mol. The Morgan fingerprint density at radius 2 is 1.01 bits per heavy atom. The fourth-order valence-corrected chi connectivity index (χ4v) is 7.14. The van der Waals surface area contributed by atoms with E-state index in [0.29, 0.717) is 22.4 Å². The molecule has 0 amide bonds. The Morgan fingerprint density at radius 3 is 1.43 bits per heavy atom. The first-order valence-corrected chi connectivity index (χ1v) is 21.9.